The normalized spacial score (nSPS) is 25.0. The fourth-order valence-corrected chi connectivity index (χ4v) is 8.10. The van der Waals surface area contributed by atoms with E-state index in [0.717, 1.165) is 44.7 Å². The Morgan fingerprint density at radius 3 is 2.62 bits per heavy atom. The summed E-state index contributed by atoms with van der Waals surface area (Å²) < 4.78 is 79.8. The maximum absolute atomic E-state index is 16.8. The summed E-state index contributed by atoms with van der Waals surface area (Å²) in [7, 11) is 2.08. The lowest BCUT2D eigenvalue weighted by Gasteiger charge is -2.44. The number of phenolic OH excluding ortho intramolecular Hbond substituents is 1. The van der Waals surface area contributed by atoms with Crippen molar-refractivity contribution in [3.05, 3.63) is 47.7 Å². The first kappa shape index (κ1) is 32.3. The molecule has 0 spiro atoms. The fourth-order valence-electron chi connectivity index (χ4n) is 8.10. The van der Waals surface area contributed by atoms with Crippen molar-refractivity contribution in [3.63, 3.8) is 0 Å². The highest BCUT2D eigenvalue weighted by atomic mass is 19.4. The molecule has 1 aliphatic carbocycles. The Hall–Kier alpha value is -4.28. The topological polar surface area (TPSA) is 94.8 Å². The Bertz CT molecular complexity index is 1970. The van der Waals surface area contributed by atoms with Gasteiger partial charge in [-0.15, -0.1) is 6.42 Å². The summed E-state index contributed by atoms with van der Waals surface area (Å²) >= 11 is 0. The molecular formula is C35H34F5N5O3. The van der Waals surface area contributed by atoms with Crippen LogP contribution in [0, 0.1) is 29.4 Å². The van der Waals surface area contributed by atoms with Crippen LogP contribution in [0.3, 0.4) is 0 Å². The number of piperidine rings is 2. The second-order valence-corrected chi connectivity index (χ2v) is 13.4. The van der Waals surface area contributed by atoms with Gasteiger partial charge in [0.15, 0.2) is 11.4 Å². The molecule has 4 aromatic rings. The molecule has 3 aliphatic rings. The molecule has 252 valence electrons. The first-order valence-corrected chi connectivity index (χ1v) is 16.0. The highest BCUT2D eigenvalue weighted by Crippen LogP contribution is 2.48. The number of phenols is 1. The highest BCUT2D eigenvalue weighted by molar-refractivity contribution is 6.03. The third-order valence-electron chi connectivity index (χ3n) is 10.5. The second-order valence-electron chi connectivity index (χ2n) is 13.4. The van der Waals surface area contributed by atoms with E-state index < -0.39 is 36.4 Å². The Morgan fingerprint density at radius 2 is 1.85 bits per heavy atom. The largest absolute Gasteiger partial charge is 0.508 e. The van der Waals surface area contributed by atoms with Gasteiger partial charge >= 0.3 is 12.2 Å². The number of hydrogen-bond acceptors (Lipinski definition) is 8. The van der Waals surface area contributed by atoms with E-state index in [4.69, 9.17) is 11.2 Å². The summed E-state index contributed by atoms with van der Waals surface area (Å²) in [6.45, 7) is 0.480. The number of benzene rings is 2. The first-order valence-electron chi connectivity index (χ1n) is 16.0. The van der Waals surface area contributed by atoms with Crippen molar-refractivity contribution in [1.82, 2.24) is 19.9 Å². The molecule has 7 rings (SSSR count). The number of likely N-dealkylation sites (tertiary alicyclic amines) is 1. The fraction of sp³-hybridized carbons (Fsp3) is 0.457. The summed E-state index contributed by atoms with van der Waals surface area (Å²) in [6, 6.07) is 5.18. The SMILES string of the molecule is C#Cc1c(F)ccc2cc(O)cc(-c3ncc4c(N5CCCC(O)(C(F)(F)F)C5)nc(OCC56CCCC5N(C)CCC6)nc4c3F)c12. The van der Waals surface area contributed by atoms with Crippen molar-refractivity contribution in [1.29, 1.82) is 0 Å². The number of aliphatic hydroxyl groups is 1. The number of anilines is 1. The molecule has 1 saturated carbocycles. The molecule has 4 heterocycles. The lowest BCUT2D eigenvalue weighted by molar-refractivity contribution is -0.261. The van der Waals surface area contributed by atoms with Crippen LogP contribution in [0.15, 0.2) is 30.5 Å². The number of aromatic hydroxyl groups is 1. The lowest BCUT2D eigenvalue weighted by Crippen LogP contribution is -2.57. The average molecular weight is 668 g/mol. The van der Waals surface area contributed by atoms with E-state index in [-0.39, 0.29) is 81.7 Å². The Balaban J connectivity index is 1.39. The van der Waals surface area contributed by atoms with Crippen molar-refractivity contribution >= 4 is 27.5 Å². The van der Waals surface area contributed by atoms with Gasteiger partial charge in [-0.05, 0) is 75.7 Å². The van der Waals surface area contributed by atoms with Gasteiger partial charge in [-0.1, -0.05) is 18.4 Å². The van der Waals surface area contributed by atoms with E-state index in [1.54, 1.807) is 0 Å². The zero-order valence-electron chi connectivity index (χ0n) is 26.2. The van der Waals surface area contributed by atoms with Gasteiger partial charge in [-0.25, -0.2) is 8.78 Å². The monoisotopic (exact) mass is 667 g/mol. The number of ether oxygens (including phenoxy) is 1. The number of nitrogens with zero attached hydrogens (tertiary/aromatic N) is 5. The van der Waals surface area contributed by atoms with Crippen LogP contribution in [-0.4, -0.2) is 81.2 Å². The van der Waals surface area contributed by atoms with Gasteiger partial charge in [-0.3, -0.25) is 4.98 Å². The minimum Gasteiger partial charge on any atom is -0.508 e. The van der Waals surface area contributed by atoms with Crippen molar-refractivity contribution in [3.8, 4) is 35.4 Å². The van der Waals surface area contributed by atoms with Crippen LogP contribution < -0.4 is 9.64 Å². The Kier molecular flexibility index (Phi) is 7.87. The van der Waals surface area contributed by atoms with Crippen LogP contribution >= 0.6 is 0 Å². The van der Waals surface area contributed by atoms with Gasteiger partial charge in [0, 0.05) is 35.1 Å². The predicted molar refractivity (Wildman–Crippen MR) is 170 cm³/mol. The molecule has 13 heteroatoms. The number of hydrogen-bond donors (Lipinski definition) is 2. The van der Waals surface area contributed by atoms with Gasteiger partial charge in [0.2, 0.25) is 0 Å². The first-order chi connectivity index (χ1) is 22.8. The van der Waals surface area contributed by atoms with E-state index >= 15 is 4.39 Å². The van der Waals surface area contributed by atoms with Crippen molar-refractivity contribution < 1.29 is 36.9 Å². The molecule has 2 aliphatic heterocycles. The van der Waals surface area contributed by atoms with Crippen LogP contribution in [0.2, 0.25) is 0 Å². The Morgan fingerprint density at radius 1 is 1.08 bits per heavy atom. The number of β-amino-alcohol motifs (C(OH)–C–C–N with tert-alkyl or cyclic N) is 1. The zero-order chi connectivity index (χ0) is 34.0. The Labute approximate surface area is 273 Å². The molecule has 3 fully saturated rings. The summed E-state index contributed by atoms with van der Waals surface area (Å²) in [5.41, 5.74) is -3.94. The molecule has 2 aromatic heterocycles. The minimum absolute atomic E-state index is 0.00146. The standard InChI is InChI=1S/C35H34F5N5O3/c1-3-22-25(36)9-8-20-15-21(46)16-23(27(20)22)29-28(37)30-24(17-41-29)31(45-14-6-12-34(47,18-45)35(38,39)40)43-32(42-30)48-19-33-10-4-7-26(33)44(2)13-5-11-33/h1,8-9,15-17,26,46-47H,4-7,10-14,18-19H2,2H3. The molecule has 0 radical (unpaired) electrons. The van der Waals surface area contributed by atoms with E-state index in [1.807, 2.05) is 0 Å². The number of fused-ring (bicyclic) bond motifs is 3. The summed E-state index contributed by atoms with van der Waals surface area (Å²) in [6.07, 6.45) is 6.31. The highest BCUT2D eigenvalue weighted by Gasteiger charge is 2.56. The molecule has 0 amide bonds. The van der Waals surface area contributed by atoms with E-state index in [0.29, 0.717) is 5.39 Å². The maximum atomic E-state index is 16.8. The lowest BCUT2D eigenvalue weighted by atomic mass is 9.76. The quantitative estimate of drug-likeness (QED) is 0.188. The van der Waals surface area contributed by atoms with Gasteiger partial charge < -0.3 is 24.7 Å². The minimum atomic E-state index is -4.91. The molecule has 0 bridgehead atoms. The molecule has 3 atom stereocenters. The number of aromatic nitrogens is 3. The van der Waals surface area contributed by atoms with Crippen molar-refractivity contribution in [2.24, 2.45) is 5.41 Å². The number of alkyl halides is 3. The molecule has 8 nitrogen and oxygen atoms in total. The number of pyridine rings is 1. The average Bonchev–Trinajstić information content (AvgIpc) is 3.49. The zero-order valence-corrected chi connectivity index (χ0v) is 26.2. The molecule has 2 aromatic carbocycles. The smallest absolute Gasteiger partial charge is 0.418 e. The molecule has 2 saturated heterocycles. The molecule has 3 unspecified atom stereocenters. The van der Waals surface area contributed by atoms with Gasteiger partial charge in [0.25, 0.3) is 0 Å². The van der Waals surface area contributed by atoms with Gasteiger partial charge in [0.05, 0.1) is 24.1 Å². The van der Waals surface area contributed by atoms with Gasteiger partial charge in [-0.2, -0.15) is 23.1 Å². The number of rotatable bonds is 5. The number of terminal acetylenes is 1. The van der Waals surface area contributed by atoms with Crippen molar-refractivity contribution in [2.45, 2.75) is 62.8 Å². The predicted octanol–water partition coefficient (Wildman–Crippen LogP) is 6.35. The third kappa shape index (κ3) is 5.26. The van der Waals surface area contributed by atoms with Crippen molar-refractivity contribution in [2.75, 3.05) is 38.2 Å². The maximum Gasteiger partial charge on any atom is 0.418 e. The summed E-state index contributed by atoms with van der Waals surface area (Å²) in [4.78, 5) is 16.8. The van der Waals surface area contributed by atoms with Crippen LogP contribution in [0.5, 0.6) is 11.8 Å². The van der Waals surface area contributed by atoms with Crippen LogP contribution in [0.4, 0.5) is 27.8 Å². The number of halogens is 5. The molecular weight excluding hydrogens is 633 g/mol. The van der Waals surface area contributed by atoms with Gasteiger partial charge in [0.1, 0.15) is 28.6 Å². The summed E-state index contributed by atoms with van der Waals surface area (Å²) in [5.74, 6) is 0.275. The van der Waals surface area contributed by atoms with Crippen LogP contribution in [0.1, 0.15) is 50.5 Å². The second kappa shape index (κ2) is 11.7. The van der Waals surface area contributed by atoms with E-state index in [1.165, 1.54) is 29.3 Å². The molecule has 48 heavy (non-hydrogen) atoms. The molecule has 2 N–H and O–H groups in total. The summed E-state index contributed by atoms with van der Waals surface area (Å²) in [5, 5.41) is 21.6. The van der Waals surface area contributed by atoms with E-state index in [2.05, 4.69) is 32.8 Å². The third-order valence-corrected chi connectivity index (χ3v) is 10.5. The van der Waals surface area contributed by atoms with Crippen LogP contribution in [-0.2, 0) is 0 Å². The van der Waals surface area contributed by atoms with Crippen LogP contribution in [0.25, 0.3) is 32.9 Å². The van der Waals surface area contributed by atoms with E-state index in [9.17, 15) is 27.8 Å².